The number of ether oxygens (including phenoxy) is 1. The second kappa shape index (κ2) is 6.55. The van der Waals surface area contributed by atoms with Gasteiger partial charge in [0.05, 0.1) is 24.8 Å². The molecule has 2 fully saturated rings. The Bertz CT molecular complexity index is 733. The Kier molecular flexibility index (Phi) is 4.27. The highest BCUT2D eigenvalue weighted by molar-refractivity contribution is 5.99. The summed E-state index contributed by atoms with van der Waals surface area (Å²) in [5.74, 6) is 1.57. The Morgan fingerprint density at radius 3 is 2.88 bits per heavy atom. The quantitative estimate of drug-likeness (QED) is 0.851. The number of aromatic nitrogens is 2. The van der Waals surface area contributed by atoms with Gasteiger partial charge in [0, 0.05) is 18.7 Å². The summed E-state index contributed by atoms with van der Waals surface area (Å²) in [6, 6.07) is 6.12. The van der Waals surface area contributed by atoms with Crippen LogP contribution in [0.1, 0.15) is 61.3 Å². The molecule has 1 saturated carbocycles. The minimum absolute atomic E-state index is 0.0385. The molecule has 5 heteroatoms. The average molecular weight is 327 g/mol. The summed E-state index contributed by atoms with van der Waals surface area (Å²) in [6.45, 7) is 3.90. The molecule has 1 unspecified atom stereocenters. The lowest BCUT2D eigenvalue weighted by molar-refractivity contribution is 0.00340. The first-order valence-electron chi connectivity index (χ1n) is 9.11. The molecule has 5 nitrogen and oxygen atoms in total. The van der Waals surface area contributed by atoms with Gasteiger partial charge in [-0.2, -0.15) is 0 Å². The van der Waals surface area contributed by atoms with Gasteiger partial charge in [-0.3, -0.25) is 4.79 Å². The van der Waals surface area contributed by atoms with E-state index in [1.165, 1.54) is 32.1 Å². The van der Waals surface area contributed by atoms with Crippen LogP contribution in [0.3, 0.4) is 0 Å². The molecule has 4 rings (SSSR count). The van der Waals surface area contributed by atoms with E-state index in [1.54, 1.807) is 0 Å². The first-order chi connectivity index (χ1) is 11.8. The molecular weight excluding hydrogens is 302 g/mol. The van der Waals surface area contributed by atoms with Gasteiger partial charge in [0.1, 0.15) is 5.82 Å². The SMILES string of the molecule is CC1COCCN1C(=O)c1nc(C2CCCCC2)n2ccccc12. The first-order valence-corrected chi connectivity index (χ1v) is 9.11. The number of morpholine rings is 1. The standard InChI is InChI=1S/C19H25N3O2/c1-14-13-24-12-11-21(14)19(23)17-16-9-5-6-10-22(16)18(20-17)15-7-3-2-4-8-15/h5-6,9-10,14-15H,2-4,7-8,11-13H2,1H3. The second-order valence-corrected chi connectivity index (χ2v) is 7.03. The molecular formula is C19H25N3O2. The van der Waals surface area contributed by atoms with Gasteiger partial charge in [0.25, 0.3) is 5.91 Å². The maximum absolute atomic E-state index is 13.1. The molecule has 0 spiro atoms. The van der Waals surface area contributed by atoms with Crippen molar-refractivity contribution in [3.05, 3.63) is 35.9 Å². The van der Waals surface area contributed by atoms with Gasteiger partial charge in [-0.05, 0) is 31.9 Å². The molecule has 1 saturated heterocycles. The maximum Gasteiger partial charge on any atom is 0.275 e. The molecule has 2 aliphatic rings. The van der Waals surface area contributed by atoms with Gasteiger partial charge in [0.2, 0.25) is 0 Å². The molecule has 2 aromatic rings. The Morgan fingerprint density at radius 2 is 2.08 bits per heavy atom. The third-order valence-corrected chi connectivity index (χ3v) is 5.38. The smallest absolute Gasteiger partial charge is 0.275 e. The number of hydrogen-bond acceptors (Lipinski definition) is 3. The molecule has 1 aliphatic heterocycles. The molecule has 1 amide bonds. The predicted octanol–water partition coefficient (Wildman–Crippen LogP) is 3.24. The second-order valence-electron chi connectivity index (χ2n) is 7.03. The van der Waals surface area contributed by atoms with E-state index in [0.717, 1.165) is 11.3 Å². The normalized spacial score (nSPS) is 22.9. The number of hydrogen-bond donors (Lipinski definition) is 0. The number of imidazole rings is 1. The molecule has 0 aromatic carbocycles. The number of nitrogens with zero attached hydrogens (tertiary/aromatic N) is 3. The van der Waals surface area contributed by atoms with E-state index in [4.69, 9.17) is 9.72 Å². The fourth-order valence-electron chi connectivity index (χ4n) is 4.03. The fraction of sp³-hybridized carbons (Fsp3) is 0.579. The lowest BCUT2D eigenvalue weighted by Crippen LogP contribution is -2.47. The Hall–Kier alpha value is -1.88. The lowest BCUT2D eigenvalue weighted by atomic mass is 9.89. The average Bonchev–Trinajstić information content (AvgIpc) is 3.02. The van der Waals surface area contributed by atoms with E-state index < -0.39 is 0 Å². The summed E-state index contributed by atoms with van der Waals surface area (Å²) in [4.78, 5) is 19.9. The van der Waals surface area contributed by atoms with Crippen molar-refractivity contribution in [2.75, 3.05) is 19.8 Å². The van der Waals surface area contributed by atoms with Crippen LogP contribution < -0.4 is 0 Å². The first kappa shape index (κ1) is 15.6. The largest absolute Gasteiger partial charge is 0.377 e. The van der Waals surface area contributed by atoms with Crippen LogP contribution in [0.2, 0.25) is 0 Å². The maximum atomic E-state index is 13.1. The van der Waals surface area contributed by atoms with E-state index in [9.17, 15) is 4.79 Å². The summed E-state index contributed by atoms with van der Waals surface area (Å²) in [7, 11) is 0. The van der Waals surface area contributed by atoms with Crippen LogP contribution in [0.4, 0.5) is 0 Å². The molecule has 0 radical (unpaired) electrons. The van der Waals surface area contributed by atoms with Crippen LogP contribution in [0.5, 0.6) is 0 Å². The Morgan fingerprint density at radius 1 is 1.25 bits per heavy atom. The van der Waals surface area contributed by atoms with E-state index in [2.05, 4.69) is 4.40 Å². The number of fused-ring (bicyclic) bond motifs is 1. The minimum atomic E-state index is 0.0385. The molecule has 1 aliphatic carbocycles. The molecule has 128 valence electrons. The van der Waals surface area contributed by atoms with Gasteiger partial charge < -0.3 is 14.0 Å². The fourth-order valence-corrected chi connectivity index (χ4v) is 4.03. The molecule has 0 bridgehead atoms. The van der Waals surface area contributed by atoms with Crippen molar-refractivity contribution in [3.63, 3.8) is 0 Å². The molecule has 1 atom stereocenters. The monoisotopic (exact) mass is 327 g/mol. The summed E-state index contributed by atoms with van der Waals surface area (Å²) in [6.07, 6.45) is 8.24. The van der Waals surface area contributed by atoms with E-state index in [-0.39, 0.29) is 11.9 Å². The topological polar surface area (TPSA) is 46.8 Å². The van der Waals surface area contributed by atoms with E-state index >= 15 is 0 Å². The summed E-state index contributed by atoms with van der Waals surface area (Å²) in [5, 5.41) is 0. The zero-order chi connectivity index (χ0) is 16.5. The predicted molar refractivity (Wildman–Crippen MR) is 92.3 cm³/mol. The van der Waals surface area contributed by atoms with Crippen molar-refractivity contribution < 1.29 is 9.53 Å². The van der Waals surface area contributed by atoms with E-state index in [0.29, 0.717) is 31.4 Å². The zero-order valence-corrected chi connectivity index (χ0v) is 14.3. The number of amides is 1. The van der Waals surface area contributed by atoms with Crippen molar-refractivity contribution >= 4 is 11.4 Å². The van der Waals surface area contributed by atoms with Crippen LogP contribution in [-0.2, 0) is 4.74 Å². The van der Waals surface area contributed by atoms with Gasteiger partial charge in [0.15, 0.2) is 5.69 Å². The third kappa shape index (κ3) is 2.71. The van der Waals surface area contributed by atoms with Crippen LogP contribution >= 0.6 is 0 Å². The molecule has 0 N–H and O–H groups in total. The highest BCUT2D eigenvalue weighted by Crippen LogP contribution is 2.33. The van der Waals surface area contributed by atoms with Crippen molar-refractivity contribution in [1.29, 1.82) is 0 Å². The van der Waals surface area contributed by atoms with Gasteiger partial charge in [-0.25, -0.2) is 4.98 Å². The molecule has 2 aromatic heterocycles. The van der Waals surface area contributed by atoms with Gasteiger partial charge in [-0.1, -0.05) is 25.3 Å². The third-order valence-electron chi connectivity index (χ3n) is 5.38. The van der Waals surface area contributed by atoms with E-state index in [1.807, 2.05) is 36.2 Å². The van der Waals surface area contributed by atoms with Gasteiger partial charge >= 0.3 is 0 Å². The molecule has 3 heterocycles. The number of pyridine rings is 1. The van der Waals surface area contributed by atoms with Crippen LogP contribution in [0.15, 0.2) is 24.4 Å². The summed E-state index contributed by atoms with van der Waals surface area (Å²) >= 11 is 0. The highest BCUT2D eigenvalue weighted by Gasteiger charge is 2.30. The summed E-state index contributed by atoms with van der Waals surface area (Å²) < 4.78 is 7.60. The van der Waals surface area contributed by atoms with Crippen molar-refractivity contribution in [3.8, 4) is 0 Å². The van der Waals surface area contributed by atoms with Crippen LogP contribution in [0.25, 0.3) is 5.52 Å². The molecule has 24 heavy (non-hydrogen) atoms. The Labute approximate surface area is 142 Å². The van der Waals surface area contributed by atoms with Crippen LogP contribution in [0, 0.1) is 0 Å². The highest BCUT2D eigenvalue weighted by atomic mass is 16.5. The van der Waals surface area contributed by atoms with Crippen LogP contribution in [-0.4, -0.2) is 46.0 Å². The van der Waals surface area contributed by atoms with Gasteiger partial charge in [-0.15, -0.1) is 0 Å². The lowest BCUT2D eigenvalue weighted by Gasteiger charge is -2.32. The van der Waals surface area contributed by atoms with Crippen molar-refractivity contribution in [2.24, 2.45) is 0 Å². The zero-order valence-electron chi connectivity index (χ0n) is 14.3. The number of carbonyl (C=O) groups is 1. The number of carbonyl (C=O) groups excluding carboxylic acids is 1. The van der Waals surface area contributed by atoms with Crippen molar-refractivity contribution in [2.45, 2.75) is 51.0 Å². The number of rotatable bonds is 2. The summed E-state index contributed by atoms with van der Waals surface area (Å²) in [5.41, 5.74) is 1.53. The van der Waals surface area contributed by atoms with Crippen molar-refractivity contribution in [1.82, 2.24) is 14.3 Å². The minimum Gasteiger partial charge on any atom is -0.377 e. The Balaban J connectivity index is 1.73.